The van der Waals surface area contributed by atoms with Gasteiger partial charge in [0.05, 0.1) is 16.7 Å². The van der Waals surface area contributed by atoms with Gasteiger partial charge in [-0.25, -0.2) is 5.01 Å². The second kappa shape index (κ2) is 10.8. The molecule has 1 aliphatic rings. The summed E-state index contributed by atoms with van der Waals surface area (Å²) in [6.45, 7) is 17.4. The Morgan fingerprint density at radius 2 is 1.42 bits per heavy atom. The number of carbonyl (C=O) groups is 2. The molecule has 2 amide bonds. The Labute approximate surface area is 227 Å². The molecule has 9 heteroatoms. The molecule has 0 unspecified atom stereocenters. The number of aryl methyl sites for hydroxylation is 2. The second-order valence-corrected chi connectivity index (χ2v) is 11.9. The van der Waals surface area contributed by atoms with Gasteiger partial charge in [0, 0.05) is 30.9 Å². The summed E-state index contributed by atoms with van der Waals surface area (Å²) in [5, 5.41) is 1.37. The molecule has 1 heterocycles. The van der Waals surface area contributed by atoms with Crippen LogP contribution < -0.4 is 10.9 Å². The third kappa shape index (κ3) is 6.12. The zero-order chi connectivity index (χ0) is 28.6. The van der Waals surface area contributed by atoms with Crippen molar-refractivity contribution in [3.63, 3.8) is 0 Å². The molecule has 1 fully saturated rings. The summed E-state index contributed by atoms with van der Waals surface area (Å²) in [6, 6.07) is 10.8. The molecular weight excluding hydrogens is 483 g/mol. The fourth-order valence-electron chi connectivity index (χ4n) is 4.37. The Morgan fingerprint density at radius 1 is 0.895 bits per heavy atom. The fourth-order valence-corrected chi connectivity index (χ4v) is 4.37. The first-order valence-corrected chi connectivity index (χ1v) is 12.8. The monoisotopic (exact) mass is 524 g/mol. The number of nitrogens with one attached hydrogen (secondary N) is 1. The first kappa shape index (κ1) is 29.8. The van der Waals surface area contributed by atoms with E-state index in [9.17, 15) is 9.59 Å². The predicted molar refractivity (Wildman–Crippen MR) is 148 cm³/mol. The molecule has 0 saturated carbocycles. The van der Waals surface area contributed by atoms with Crippen molar-refractivity contribution >= 4 is 24.4 Å². The quantitative estimate of drug-likeness (QED) is 0.341. The molecule has 1 aliphatic heterocycles. The highest BCUT2D eigenvalue weighted by Gasteiger charge is 2.52. The van der Waals surface area contributed by atoms with Crippen LogP contribution in [0.5, 0.6) is 0 Å². The van der Waals surface area contributed by atoms with Gasteiger partial charge in [0.15, 0.2) is 6.29 Å². The molecule has 38 heavy (non-hydrogen) atoms. The van der Waals surface area contributed by atoms with Crippen LogP contribution in [0.15, 0.2) is 36.4 Å². The van der Waals surface area contributed by atoms with E-state index in [1.165, 1.54) is 5.01 Å². The van der Waals surface area contributed by atoms with Crippen molar-refractivity contribution in [2.45, 2.75) is 85.3 Å². The van der Waals surface area contributed by atoms with E-state index in [1.807, 2.05) is 80.5 Å². The lowest BCUT2D eigenvalue weighted by Crippen LogP contribution is -2.56. The van der Waals surface area contributed by atoms with Gasteiger partial charge in [-0.1, -0.05) is 23.3 Å². The van der Waals surface area contributed by atoms with E-state index in [4.69, 9.17) is 18.8 Å². The molecule has 0 atom stereocenters. The number of amides is 2. The highest BCUT2D eigenvalue weighted by atomic mass is 16.7. The summed E-state index contributed by atoms with van der Waals surface area (Å²) in [5.74, 6) is -0.729. The van der Waals surface area contributed by atoms with Gasteiger partial charge in [-0.15, -0.1) is 0 Å². The van der Waals surface area contributed by atoms with Gasteiger partial charge in [0.25, 0.3) is 11.8 Å². The number of hydrazine groups is 1. The number of rotatable bonds is 6. The van der Waals surface area contributed by atoms with Crippen molar-refractivity contribution in [2.24, 2.45) is 0 Å². The third-order valence-corrected chi connectivity index (χ3v) is 7.09. The van der Waals surface area contributed by atoms with Crippen molar-refractivity contribution in [3.05, 3.63) is 64.2 Å². The van der Waals surface area contributed by atoms with Crippen molar-refractivity contribution in [1.29, 1.82) is 0 Å². The molecule has 8 nitrogen and oxygen atoms in total. The van der Waals surface area contributed by atoms with Gasteiger partial charge in [0.1, 0.15) is 0 Å². The largest absolute Gasteiger partial charge is 0.495 e. The zero-order valence-electron chi connectivity index (χ0n) is 24.5. The predicted octanol–water partition coefficient (Wildman–Crippen LogP) is 4.48. The van der Waals surface area contributed by atoms with E-state index in [0.717, 1.165) is 11.1 Å². The lowest BCUT2D eigenvalue weighted by atomic mass is 9.75. The minimum absolute atomic E-state index is 0.292. The van der Waals surface area contributed by atoms with Gasteiger partial charge >= 0.3 is 7.12 Å². The van der Waals surface area contributed by atoms with Crippen LogP contribution in [-0.2, 0) is 18.8 Å². The van der Waals surface area contributed by atoms with Crippen LogP contribution in [0.1, 0.15) is 92.2 Å². The highest BCUT2D eigenvalue weighted by Crippen LogP contribution is 2.37. The summed E-state index contributed by atoms with van der Waals surface area (Å²) in [7, 11) is 2.34. The first-order valence-electron chi connectivity index (χ1n) is 12.8. The number of nitrogens with zero attached hydrogens (tertiary/aromatic N) is 1. The minimum atomic E-state index is -0.744. The van der Waals surface area contributed by atoms with Gasteiger partial charge < -0.3 is 18.8 Å². The summed E-state index contributed by atoms with van der Waals surface area (Å²) >= 11 is 0. The Bertz CT molecular complexity index is 1160. The van der Waals surface area contributed by atoms with Crippen molar-refractivity contribution in [3.8, 4) is 0 Å². The zero-order valence-corrected chi connectivity index (χ0v) is 24.5. The van der Waals surface area contributed by atoms with Crippen LogP contribution in [-0.4, -0.2) is 54.9 Å². The molecule has 1 saturated heterocycles. The molecule has 0 spiro atoms. The molecule has 2 aromatic carbocycles. The van der Waals surface area contributed by atoms with Gasteiger partial charge in [-0.05, 0) is 92.0 Å². The molecule has 3 rings (SSSR count). The van der Waals surface area contributed by atoms with Crippen molar-refractivity contribution in [1.82, 2.24) is 10.4 Å². The summed E-state index contributed by atoms with van der Waals surface area (Å²) < 4.78 is 23.6. The maximum absolute atomic E-state index is 13.6. The summed E-state index contributed by atoms with van der Waals surface area (Å²) in [5.41, 5.74) is 5.09. The molecule has 1 N–H and O–H groups in total. The SMILES string of the molecule is COC(OC)c1ccc(C(=O)NN(C(=O)c2cc(C)cc(C)c2)C(C)(C)C)cc1B1OC(C)(C)C(C)(C)O1. The topological polar surface area (TPSA) is 86.3 Å². The molecule has 0 aromatic heterocycles. The Hall–Kier alpha value is -2.72. The second-order valence-electron chi connectivity index (χ2n) is 11.9. The molecule has 0 bridgehead atoms. The number of carbonyl (C=O) groups excluding carboxylic acids is 2. The number of hydrogen-bond donors (Lipinski definition) is 1. The van der Waals surface area contributed by atoms with Gasteiger partial charge in [-0.2, -0.15) is 0 Å². The summed E-state index contributed by atoms with van der Waals surface area (Å²) in [4.78, 5) is 27.1. The lowest BCUT2D eigenvalue weighted by Gasteiger charge is -2.35. The smallest absolute Gasteiger partial charge is 0.399 e. The Morgan fingerprint density at radius 3 is 1.89 bits per heavy atom. The number of benzene rings is 2. The van der Waals surface area contributed by atoms with Crippen molar-refractivity contribution < 1.29 is 28.4 Å². The van der Waals surface area contributed by atoms with Gasteiger partial charge in [-0.3, -0.25) is 15.0 Å². The lowest BCUT2D eigenvalue weighted by molar-refractivity contribution is -0.105. The van der Waals surface area contributed by atoms with E-state index in [-0.39, 0.29) is 5.91 Å². The fraction of sp³-hybridized carbons (Fsp3) is 0.517. The van der Waals surface area contributed by atoms with Crippen LogP contribution in [0.25, 0.3) is 0 Å². The van der Waals surface area contributed by atoms with E-state index in [2.05, 4.69) is 5.43 Å². The standard InChI is InChI=1S/C29H41BN2O6/c1-18-14-19(2)16-21(15-18)25(34)32(27(3,4)5)31-24(33)20-12-13-22(26(35-10)36-11)23(17-20)30-37-28(6,7)29(8,9)38-30/h12-17,26H,1-11H3,(H,31,33). The molecule has 0 radical (unpaired) electrons. The average molecular weight is 524 g/mol. The Kier molecular flexibility index (Phi) is 8.49. The molecule has 2 aromatic rings. The molecular formula is C29H41BN2O6. The third-order valence-electron chi connectivity index (χ3n) is 7.09. The van der Waals surface area contributed by atoms with Crippen LogP contribution in [0.3, 0.4) is 0 Å². The van der Waals surface area contributed by atoms with E-state index >= 15 is 0 Å². The van der Waals surface area contributed by atoms with E-state index in [0.29, 0.717) is 22.2 Å². The number of methoxy groups -OCH3 is 2. The van der Waals surface area contributed by atoms with Crippen LogP contribution in [0, 0.1) is 13.8 Å². The van der Waals surface area contributed by atoms with Gasteiger partial charge in [0.2, 0.25) is 0 Å². The maximum atomic E-state index is 13.6. The Balaban J connectivity index is 2.00. The molecule has 206 valence electrons. The number of hydrogen-bond acceptors (Lipinski definition) is 6. The van der Waals surface area contributed by atoms with E-state index in [1.54, 1.807) is 32.4 Å². The van der Waals surface area contributed by atoms with E-state index < -0.39 is 36.1 Å². The number of ether oxygens (including phenoxy) is 2. The minimum Gasteiger partial charge on any atom is -0.399 e. The van der Waals surface area contributed by atoms with Crippen LogP contribution >= 0.6 is 0 Å². The summed E-state index contributed by atoms with van der Waals surface area (Å²) in [6.07, 6.45) is -0.682. The average Bonchev–Trinajstić information content (AvgIpc) is 3.03. The van der Waals surface area contributed by atoms with Crippen molar-refractivity contribution in [2.75, 3.05) is 14.2 Å². The molecule has 0 aliphatic carbocycles. The van der Waals surface area contributed by atoms with Crippen LogP contribution in [0.2, 0.25) is 0 Å². The highest BCUT2D eigenvalue weighted by molar-refractivity contribution is 6.62. The normalized spacial score (nSPS) is 16.6. The first-order chi connectivity index (χ1) is 17.5. The van der Waals surface area contributed by atoms with Crippen LogP contribution in [0.4, 0.5) is 0 Å². The maximum Gasteiger partial charge on any atom is 0.495 e.